The number of morpholine rings is 1. The van der Waals surface area contributed by atoms with Gasteiger partial charge in [-0.1, -0.05) is 0 Å². The number of hydrogen-bond donors (Lipinski definition) is 1. The normalized spacial score (nSPS) is 32.1. The smallest absolute Gasteiger partial charge is 0.306 e. The zero-order valence-corrected chi connectivity index (χ0v) is 12.2. The summed E-state index contributed by atoms with van der Waals surface area (Å²) in [6, 6.07) is 0.146. The Morgan fingerprint density at radius 1 is 1.30 bits per heavy atom. The molecule has 0 saturated carbocycles. The van der Waals surface area contributed by atoms with Crippen LogP contribution in [0.4, 0.5) is 0 Å². The lowest BCUT2D eigenvalue weighted by Gasteiger charge is -2.38. The minimum Gasteiger partial charge on any atom is -0.481 e. The number of carbonyl (C=O) groups is 2. The summed E-state index contributed by atoms with van der Waals surface area (Å²) in [6.07, 6.45) is 1.36. The first-order valence-electron chi connectivity index (χ1n) is 7.33. The lowest BCUT2D eigenvalue weighted by atomic mass is 9.92. The van der Waals surface area contributed by atoms with Gasteiger partial charge in [-0.15, -0.1) is 0 Å². The van der Waals surface area contributed by atoms with Crippen molar-refractivity contribution in [2.24, 2.45) is 5.92 Å². The highest BCUT2D eigenvalue weighted by molar-refractivity contribution is 5.78. The van der Waals surface area contributed by atoms with Gasteiger partial charge in [0.05, 0.1) is 25.2 Å². The van der Waals surface area contributed by atoms with E-state index in [1.807, 2.05) is 18.7 Å². The van der Waals surface area contributed by atoms with Crippen molar-refractivity contribution < 1.29 is 19.4 Å². The highest BCUT2D eigenvalue weighted by Crippen LogP contribution is 2.23. The molecule has 0 aromatic heterocycles. The Morgan fingerprint density at radius 2 is 2.05 bits per heavy atom. The van der Waals surface area contributed by atoms with E-state index in [2.05, 4.69) is 4.90 Å². The number of nitrogens with zero attached hydrogens (tertiary/aromatic N) is 2. The summed E-state index contributed by atoms with van der Waals surface area (Å²) in [7, 11) is 0. The fourth-order valence-corrected chi connectivity index (χ4v) is 3.00. The standard InChI is InChI=1S/C14H24N2O4/c1-10-7-12(14(18)19)3-4-15(10)9-13(17)16-5-6-20-11(2)8-16/h10-12H,3-9H2,1-2H3,(H,18,19). The van der Waals surface area contributed by atoms with Crippen LogP contribution in [-0.2, 0) is 14.3 Å². The highest BCUT2D eigenvalue weighted by Gasteiger charge is 2.32. The third-order valence-corrected chi connectivity index (χ3v) is 4.30. The first kappa shape index (κ1) is 15.3. The molecule has 0 aromatic carbocycles. The van der Waals surface area contributed by atoms with E-state index < -0.39 is 5.97 Å². The SMILES string of the molecule is CC1CN(C(=O)CN2CCC(C(=O)O)CC2C)CCO1. The number of carbonyl (C=O) groups excluding carboxylic acids is 1. The molecule has 1 N–H and O–H groups in total. The Bertz CT molecular complexity index is 374. The van der Waals surface area contributed by atoms with Gasteiger partial charge in [-0.25, -0.2) is 0 Å². The van der Waals surface area contributed by atoms with Crippen molar-refractivity contribution in [2.45, 2.75) is 38.8 Å². The van der Waals surface area contributed by atoms with Crippen LogP contribution in [0.3, 0.4) is 0 Å². The van der Waals surface area contributed by atoms with E-state index in [9.17, 15) is 9.59 Å². The topological polar surface area (TPSA) is 70.1 Å². The number of piperidine rings is 1. The molecule has 2 aliphatic heterocycles. The van der Waals surface area contributed by atoms with E-state index in [4.69, 9.17) is 9.84 Å². The average molecular weight is 284 g/mol. The van der Waals surface area contributed by atoms with Crippen molar-refractivity contribution in [2.75, 3.05) is 32.8 Å². The minimum atomic E-state index is -0.718. The van der Waals surface area contributed by atoms with Gasteiger partial charge in [0.15, 0.2) is 0 Å². The van der Waals surface area contributed by atoms with E-state index in [1.54, 1.807) is 0 Å². The molecule has 114 valence electrons. The fraction of sp³-hybridized carbons (Fsp3) is 0.857. The second kappa shape index (κ2) is 6.54. The molecule has 0 spiro atoms. The van der Waals surface area contributed by atoms with Crippen molar-refractivity contribution in [3.8, 4) is 0 Å². The third-order valence-electron chi connectivity index (χ3n) is 4.30. The van der Waals surface area contributed by atoms with Gasteiger partial charge in [0.25, 0.3) is 0 Å². The zero-order chi connectivity index (χ0) is 14.7. The van der Waals surface area contributed by atoms with Crippen LogP contribution >= 0.6 is 0 Å². The number of carboxylic acids is 1. The summed E-state index contributed by atoms with van der Waals surface area (Å²) >= 11 is 0. The third kappa shape index (κ3) is 3.70. The molecule has 2 aliphatic rings. The Hall–Kier alpha value is -1.14. The summed E-state index contributed by atoms with van der Waals surface area (Å²) in [5, 5.41) is 9.05. The second-order valence-electron chi connectivity index (χ2n) is 5.90. The predicted octanol–water partition coefficient (Wildman–Crippen LogP) is 0.419. The number of ether oxygens (including phenoxy) is 1. The van der Waals surface area contributed by atoms with Gasteiger partial charge in [-0.2, -0.15) is 0 Å². The van der Waals surface area contributed by atoms with E-state index in [0.29, 0.717) is 45.6 Å². The lowest BCUT2D eigenvalue weighted by Crippen LogP contribution is -2.51. The molecule has 0 aromatic rings. The van der Waals surface area contributed by atoms with Gasteiger partial charge in [0.1, 0.15) is 0 Å². The van der Waals surface area contributed by atoms with Crippen LogP contribution in [0.2, 0.25) is 0 Å². The van der Waals surface area contributed by atoms with Crippen LogP contribution in [0.15, 0.2) is 0 Å². The maximum Gasteiger partial charge on any atom is 0.306 e. The van der Waals surface area contributed by atoms with Crippen LogP contribution in [0.5, 0.6) is 0 Å². The van der Waals surface area contributed by atoms with Crippen molar-refractivity contribution in [3.63, 3.8) is 0 Å². The van der Waals surface area contributed by atoms with Crippen molar-refractivity contribution in [1.29, 1.82) is 0 Å². The number of hydrogen-bond acceptors (Lipinski definition) is 4. The maximum absolute atomic E-state index is 12.3. The predicted molar refractivity (Wildman–Crippen MR) is 73.4 cm³/mol. The number of aliphatic carboxylic acids is 1. The van der Waals surface area contributed by atoms with Gasteiger partial charge in [-0.05, 0) is 33.2 Å². The zero-order valence-electron chi connectivity index (χ0n) is 12.2. The summed E-state index contributed by atoms with van der Waals surface area (Å²) in [4.78, 5) is 27.2. The first-order valence-corrected chi connectivity index (χ1v) is 7.33. The summed E-state index contributed by atoms with van der Waals surface area (Å²) in [5.41, 5.74) is 0. The molecule has 2 rings (SSSR count). The van der Waals surface area contributed by atoms with Crippen molar-refractivity contribution in [1.82, 2.24) is 9.80 Å². The summed E-state index contributed by atoms with van der Waals surface area (Å²) < 4.78 is 5.44. The van der Waals surface area contributed by atoms with Gasteiger partial charge in [0, 0.05) is 19.1 Å². The molecule has 3 unspecified atom stereocenters. The molecule has 3 atom stereocenters. The van der Waals surface area contributed by atoms with Crippen LogP contribution in [-0.4, -0.2) is 71.7 Å². The number of likely N-dealkylation sites (tertiary alicyclic amines) is 1. The van der Waals surface area contributed by atoms with E-state index in [-0.39, 0.29) is 24.0 Å². The molecular weight excluding hydrogens is 260 g/mol. The highest BCUT2D eigenvalue weighted by atomic mass is 16.5. The van der Waals surface area contributed by atoms with Crippen LogP contribution in [0.25, 0.3) is 0 Å². The quantitative estimate of drug-likeness (QED) is 0.813. The summed E-state index contributed by atoms with van der Waals surface area (Å²) in [5.74, 6) is -0.856. The van der Waals surface area contributed by atoms with E-state index in [1.165, 1.54) is 0 Å². The van der Waals surface area contributed by atoms with Crippen LogP contribution < -0.4 is 0 Å². The van der Waals surface area contributed by atoms with Crippen LogP contribution in [0.1, 0.15) is 26.7 Å². The molecule has 2 heterocycles. The second-order valence-corrected chi connectivity index (χ2v) is 5.90. The van der Waals surface area contributed by atoms with Crippen molar-refractivity contribution in [3.05, 3.63) is 0 Å². The Kier molecular flexibility index (Phi) is 4.99. The molecule has 2 fully saturated rings. The van der Waals surface area contributed by atoms with Gasteiger partial charge in [0.2, 0.25) is 5.91 Å². The Morgan fingerprint density at radius 3 is 2.65 bits per heavy atom. The maximum atomic E-state index is 12.3. The van der Waals surface area contributed by atoms with Crippen LogP contribution in [0, 0.1) is 5.92 Å². The molecule has 2 saturated heterocycles. The van der Waals surface area contributed by atoms with E-state index in [0.717, 1.165) is 0 Å². The van der Waals surface area contributed by atoms with Gasteiger partial charge < -0.3 is 14.7 Å². The summed E-state index contributed by atoms with van der Waals surface area (Å²) in [6.45, 7) is 6.96. The molecule has 6 nitrogen and oxygen atoms in total. The van der Waals surface area contributed by atoms with Gasteiger partial charge in [-0.3, -0.25) is 14.5 Å². The monoisotopic (exact) mass is 284 g/mol. The number of rotatable bonds is 3. The lowest BCUT2D eigenvalue weighted by molar-refractivity contribution is -0.145. The first-order chi connectivity index (χ1) is 9.47. The van der Waals surface area contributed by atoms with E-state index >= 15 is 0 Å². The van der Waals surface area contributed by atoms with Gasteiger partial charge >= 0.3 is 5.97 Å². The average Bonchev–Trinajstić information content (AvgIpc) is 2.40. The molecule has 6 heteroatoms. The molecule has 0 bridgehead atoms. The van der Waals surface area contributed by atoms with Crippen molar-refractivity contribution >= 4 is 11.9 Å². The number of amides is 1. The molecule has 20 heavy (non-hydrogen) atoms. The molecule has 0 aliphatic carbocycles. The number of carboxylic acid groups (broad SMARTS) is 1. The minimum absolute atomic E-state index is 0.0999. The Labute approximate surface area is 119 Å². The Balaban J connectivity index is 1.84. The largest absolute Gasteiger partial charge is 0.481 e. The fourth-order valence-electron chi connectivity index (χ4n) is 3.00. The molecule has 1 amide bonds. The molecule has 0 radical (unpaired) electrons. The molecular formula is C14H24N2O4.